The molecule has 0 aliphatic heterocycles. The Morgan fingerprint density at radius 1 is 1.10 bits per heavy atom. The zero-order chi connectivity index (χ0) is 21.6. The smallest absolute Gasteiger partial charge is 0.243 e. The SMILES string of the molecule is CCN(CC)S(=O)(=O)c1ccc(Oc2ccccc2)c(NC(=O)[C@H]2CC=CCC2)c1. The van der Waals surface area contributed by atoms with E-state index in [2.05, 4.69) is 11.4 Å². The highest BCUT2D eigenvalue weighted by Gasteiger charge is 2.25. The second-order valence-corrected chi connectivity index (χ2v) is 9.07. The Morgan fingerprint density at radius 3 is 2.47 bits per heavy atom. The van der Waals surface area contributed by atoms with E-state index in [4.69, 9.17) is 4.74 Å². The molecule has 0 unspecified atom stereocenters. The van der Waals surface area contributed by atoms with E-state index in [1.165, 1.54) is 16.4 Å². The van der Waals surface area contributed by atoms with Crippen molar-refractivity contribution in [2.24, 2.45) is 5.92 Å². The summed E-state index contributed by atoms with van der Waals surface area (Å²) in [6, 6.07) is 13.8. The summed E-state index contributed by atoms with van der Waals surface area (Å²) in [5.74, 6) is 0.740. The monoisotopic (exact) mass is 428 g/mol. The summed E-state index contributed by atoms with van der Waals surface area (Å²) in [4.78, 5) is 12.9. The van der Waals surface area contributed by atoms with Crippen molar-refractivity contribution in [1.29, 1.82) is 0 Å². The molecule has 160 valence electrons. The van der Waals surface area contributed by atoms with Gasteiger partial charge in [0.1, 0.15) is 5.75 Å². The molecule has 30 heavy (non-hydrogen) atoms. The van der Waals surface area contributed by atoms with Crippen LogP contribution in [0.4, 0.5) is 5.69 Å². The molecule has 0 radical (unpaired) electrons. The van der Waals surface area contributed by atoms with Crippen molar-refractivity contribution in [2.45, 2.75) is 38.0 Å². The molecule has 3 rings (SSSR count). The molecule has 0 bridgehead atoms. The van der Waals surface area contributed by atoms with Crippen molar-refractivity contribution in [3.8, 4) is 11.5 Å². The summed E-state index contributed by atoms with van der Waals surface area (Å²) in [7, 11) is -3.66. The van der Waals surface area contributed by atoms with E-state index in [1.54, 1.807) is 32.0 Å². The number of ether oxygens (including phenoxy) is 1. The van der Waals surface area contributed by atoms with Crippen LogP contribution in [0.2, 0.25) is 0 Å². The summed E-state index contributed by atoms with van der Waals surface area (Å²) in [5, 5.41) is 2.91. The first kappa shape index (κ1) is 22.1. The Hall–Kier alpha value is -2.64. The molecule has 0 saturated heterocycles. The van der Waals surface area contributed by atoms with Crippen LogP contribution in [0.15, 0.2) is 65.6 Å². The van der Waals surface area contributed by atoms with Gasteiger partial charge in [0.2, 0.25) is 15.9 Å². The molecule has 0 spiro atoms. The fourth-order valence-corrected chi connectivity index (χ4v) is 4.94. The molecule has 0 saturated carbocycles. The van der Waals surface area contributed by atoms with Crippen LogP contribution in [0.3, 0.4) is 0 Å². The zero-order valence-corrected chi connectivity index (χ0v) is 18.2. The van der Waals surface area contributed by atoms with Crippen molar-refractivity contribution in [3.63, 3.8) is 0 Å². The highest BCUT2D eigenvalue weighted by atomic mass is 32.2. The van der Waals surface area contributed by atoms with E-state index in [-0.39, 0.29) is 16.7 Å². The molecule has 7 heteroatoms. The number of nitrogens with zero attached hydrogens (tertiary/aromatic N) is 1. The average molecular weight is 429 g/mol. The molecule has 1 N–H and O–H groups in total. The molecule has 6 nitrogen and oxygen atoms in total. The number of benzene rings is 2. The first-order chi connectivity index (χ1) is 14.5. The minimum Gasteiger partial charge on any atom is -0.455 e. The van der Waals surface area contributed by atoms with Crippen LogP contribution < -0.4 is 10.1 Å². The number of nitrogens with one attached hydrogen (secondary N) is 1. The van der Waals surface area contributed by atoms with E-state index in [0.717, 1.165) is 12.8 Å². The predicted octanol–water partition coefficient (Wildman–Crippen LogP) is 4.80. The number of sulfonamides is 1. The number of carbonyl (C=O) groups excluding carboxylic acids is 1. The van der Waals surface area contributed by atoms with Gasteiger partial charge in [-0.25, -0.2) is 8.42 Å². The van der Waals surface area contributed by atoms with Gasteiger partial charge >= 0.3 is 0 Å². The molecule has 1 aliphatic carbocycles. The van der Waals surface area contributed by atoms with Crippen LogP contribution in [0.25, 0.3) is 0 Å². The van der Waals surface area contributed by atoms with Crippen LogP contribution in [0, 0.1) is 5.92 Å². The maximum Gasteiger partial charge on any atom is 0.243 e. The molecule has 0 heterocycles. The summed E-state index contributed by atoms with van der Waals surface area (Å²) < 4.78 is 33.3. The van der Waals surface area contributed by atoms with Crippen LogP contribution in [-0.2, 0) is 14.8 Å². The van der Waals surface area contributed by atoms with Gasteiger partial charge in [-0.05, 0) is 49.6 Å². The quantitative estimate of drug-likeness (QED) is 0.613. The third-order valence-corrected chi connectivity index (χ3v) is 7.21. The third kappa shape index (κ3) is 5.09. The topological polar surface area (TPSA) is 75.7 Å². The highest BCUT2D eigenvalue weighted by molar-refractivity contribution is 7.89. The third-order valence-electron chi connectivity index (χ3n) is 5.16. The van der Waals surface area contributed by atoms with Crippen molar-refractivity contribution in [3.05, 3.63) is 60.7 Å². The second kappa shape index (κ2) is 9.91. The van der Waals surface area contributed by atoms with Crippen molar-refractivity contribution in [1.82, 2.24) is 4.31 Å². The highest BCUT2D eigenvalue weighted by Crippen LogP contribution is 2.33. The molecule has 1 aliphatic rings. The number of amides is 1. The van der Waals surface area contributed by atoms with Gasteiger partial charge in [0.05, 0.1) is 10.6 Å². The van der Waals surface area contributed by atoms with Crippen molar-refractivity contribution in [2.75, 3.05) is 18.4 Å². The lowest BCUT2D eigenvalue weighted by Gasteiger charge is -2.21. The summed E-state index contributed by atoms with van der Waals surface area (Å²) >= 11 is 0. The van der Waals surface area contributed by atoms with E-state index in [1.807, 2.05) is 24.3 Å². The predicted molar refractivity (Wildman–Crippen MR) is 118 cm³/mol. The number of rotatable bonds is 8. The Bertz CT molecular complexity index is 999. The standard InChI is InChI=1S/C23H28N2O4S/c1-3-25(4-2)30(27,28)20-15-16-22(29-19-13-9-6-10-14-19)21(17-20)24-23(26)18-11-7-5-8-12-18/h5-7,9-10,13-18H,3-4,8,11-12H2,1-2H3,(H,24,26)/t18-/m0/s1. The van der Waals surface area contributed by atoms with E-state index < -0.39 is 10.0 Å². The molecule has 1 atom stereocenters. The maximum atomic E-state index is 13.0. The van der Waals surface area contributed by atoms with Gasteiger partial charge in [0.25, 0.3) is 0 Å². The first-order valence-corrected chi connectivity index (χ1v) is 11.7. The number of allylic oxidation sites excluding steroid dienone is 2. The van der Waals surface area contributed by atoms with Crippen LogP contribution in [0.5, 0.6) is 11.5 Å². The fraction of sp³-hybridized carbons (Fsp3) is 0.348. The minimum atomic E-state index is -3.66. The first-order valence-electron chi connectivity index (χ1n) is 10.3. The number of hydrogen-bond acceptors (Lipinski definition) is 4. The van der Waals surface area contributed by atoms with E-state index >= 15 is 0 Å². The van der Waals surface area contributed by atoms with Crippen molar-refractivity contribution < 1.29 is 17.9 Å². The largest absolute Gasteiger partial charge is 0.455 e. The van der Waals surface area contributed by atoms with E-state index in [9.17, 15) is 13.2 Å². The van der Waals surface area contributed by atoms with Gasteiger partial charge in [-0.2, -0.15) is 4.31 Å². The van der Waals surface area contributed by atoms with Crippen molar-refractivity contribution >= 4 is 21.6 Å². The lowest BCUT2D eigenvalue weighted by atomic mass is 9.93. The van der Waals surface area contributed by atoms with Gasteiger partial charge < -0.3 is 10.1 Å². The summed E-state index contributed by atoms with van der Waals surface area (Å²) in [5.41, 5.74) is 0.353. The number of carbonyl (C=O) groups is 1. The summed E-state index contributed by atoms with van der Waals surface area (Å²) in [6.07, 6.45) is 6.40. The average Bonchev–Trinajstić information content (AvgIpc) is 2.77. The maximum absolute atomic E-state index is 13.0. The molecule has 0 fully saturated rings. The molecule has 2 aromatic carbocycles. The molecular formula is C23H28N2O4S. The van der Waals surface area contributed by atoms with E-state index in [0.29, 0.717) is 36.7 Å². The van der Waals surface area contributed by atoms with Crippen LogP contribution in [0.1, 0.15) is 33.1 Å². The molecule has 2 aromatic rings. The van der Waals surface area contributed by atoms with Gasteiger partial charge in [-0.3, -0.25) is 4.79 Å². The normalized spacial score (nSPS) is 16.4. The van der Waals surface area contributed by atoms with Gasteiger partial charge in [-0.15, -0.1) is 0 Å². The molecule has 0 aromatic heterocycles. The van der Waals surface area contributed by atoms with Gasteiger partial charge in [0, 0.05) is 19.0 Å². The Balaban J connectivity index is 1.95. The number of hydrogen-bond donors (Lipinski definition) is 1. The van der Waals surface area contributed by atoms with Gasteiger partial charge in [-0.1, -0.05) is 44.2 Å². The minimum absolute atomic E-state index is 0.130. The number of para-hydroxylation sites is 1. The second-order valence-electron chi connectivity index (χ2n) is 7.13. The lowest BCUT2D eigenvalue weighted by Crippen LogP contribution is -2.30. The fourth-order valence-electron chi connectivity index (χ4n) is 3.45. The zero-order valence-electron chi connectivity index (χ0n) is 17.4. The Morgan fingerprint density at radius 2 is 1.83 bits per heavy atom. The Kier molecular flexibility index (Phi) is 7.29. The number of anilines is 1. The summed E-state index contributed by atoms with van der Waals surface area (Å²) in [6.45, 7) is 4.34. The van der Waals surface area contributed by atoms with Crippen LogP contribution in [-0.4, -0.2) is 31.7 Å². The van der Waals surface area contributed by atoms with Crippen LogP contribution >= 0.6 is 0 Å². The molecule has 1 amide bonds. The lowest BCUT2D eigenvalue weighted by molar-refractivity contribution is -0.120. The Labute approximate surface area is 178 Å². The van der Waals surface area contributed by atoms with Gasteiger partial charge in [0.15, 0.2) is 5.75 Å². The molecular weight excluding hydrogens is 400 g/mol.